The second kappa shape index (κ2) is 3.78. The Morgan fingerprint density at radius 2 is 2.06 bits per heavy atom. The van der Waals surface area contributed by atoms with Crippen molar-refractivity contribution in [1.29, 1.82) is 0 Å². The maximum Gasteiger partial charge on any atom is 0.131 e. The number of fused-ring (bicyclic) bond motifs is 1. The van der Waals surface area contributed by atoms with Crippen LogP contribution in [0.25, 0.3) is 5.57 Å². The van der Waals surface area contributed by atoms with Crippen LogP contribution in [0.2, 0.25) is 0 Å². The highest BCUT2D eigenvalue weighted by Crippen LogP contribution is 2.28. The van der Waals surface area contributed by atoms with E-state index in [2.05, 4.69) is 53.2 Å². The molecule has 0 saturated heterocycles. The third kappa shape index (κ3) is 1.45. The van der Waals surface area contributed by atoms with Crippen LogP contribution in [-0.2, 0) is 0 Å². The van der Waals surface area contributed by atoms with Gasteiger partial charge in [0.05, 0.1) is 6.54 Å². The van der Waals surface area contributed by atoms with Crippen molar-refractivity contribution in [2.24, 2.45) is 4.99 Å². The summed E-state index contributed by atoms with van der Waals surface area (Å²) in [7, 11) is 0. The number of rotatable bonds is 1. The molecule has 2 heterocycles. The Morgan fingerprint density at radius 3 is 2.88 bits per heavy atom. The molecule has 2 heteroatoms. The molecule has 0 aromatic heterocycles. The highest BCUT2D eigenvalue weighted by Gasteiger charge is 2.28. The van der Waals surface area contributed by atoms with Crippen molar-refractivity contribution < 1.29 is 0 Å². The summed E-state index contributed by atoms with van der Waals surface area (Å²) in [6.07, 6.45) is 3.46. The van der Waals surface area contributed by atoms with E-state index >= 15 is 0 Å². The zero-order chi connectivity index (χ0) is 11.0. The van der Waals surface area contributed by atoms with E-state index in [1.807, 2.05) is 0 Å². The Kier molecular flexibility index (Phi) is 2.28. The lowest BCUT2D eigenvalue weighted by Crippen LogP contribution is -2.39. The van der Waals surface area contributed by atoms with Gasteiger partial charge in [-0.25, -0.2) is 0 Å². The van der Waals surface area contributed by atoms with Gasteiger partial charge in [0.15, 0.2) is 0 Å². The van der Waals surface area contributed by atoms with Crippen molar-refractivity contribution in [2.75, 3.05) is 13.1 Å². The number of hydrogen-bond donors (Lipinski definition) is 0. The summed E-state index contributed by atoms with van der Waals surface area (Å²) in [6.45, 7) is 4.31. The molecule has 1 aromatic carbocycles. The molecule has 0 spiro atoms. The van der Waals surface area contributed by atoms with Crippen molar-refractivity contribution >= 4 is 11.4 Å². The molecule has 2 nitrogen and oxygen atoms in total. The maximum atomic E-state index is 4.64. The van der Waals surface area contributed by atoms with Gasteiger partial charge in [0.1, 0.15) is 5.84 Å². The first-order valence-corrected chi connectivity index (χ1v) is 5.93. The van der Waals surface area contributed by atoms with E-state index in [-0.39, 0.29) is 0 Å². The Hall–Kier alpha value is -1.57. The van der Waals surface area contributed by atoms with Crippen molar-refractivity contribution in [3.8, 4) is 0 Å². The normalized spacial score (nSPS) is 23.8. The van der Waals surface area contributed by atoms with Gasteiger partial charge in [-0.15, -0.1) is 0 Å². The van der Waals surface area contributed by atoms with Crippen molar-refractivity contribution in [3.05, 3.63) is 42.0 Å². The molecule has 0 saturated carbocycles. The average Bonchev–Trinajstić information content (AvgIpc) is 2.81. The lowest BCUT2D eigenvalue weighted by Gasteiger charge is -2.32. The first-order chi connectivity index (χ1) is 7.86. The second-order valence-electron chi connectivity index (χ2n) is 4.47. The van der Waals surface area contributed by atoms with Gasteiger partial charge >= 0.3 is 0 Å². The highest BCUT2D eigenvalue weighted by atomic mass is 15.3. The average molecular weight is 212 g/mol. The quantitative estimate of drug-likeness (QED) is 0.698. The molecule has 1 unspecified atom stereocenters. The summed E-state index contributed by atoms with van der Waals surface area (Å²) < 4.78 is 0. The zero-order valence-electron chi connectivity index (χ0n) is 9.56. The minimum absolute atomic E-state index is 0.605. The molecule has 2 aliphatic rings. The molecular weight excluding hydrogens is 196 g/mol. The summed E-state index contributed by atoms with van der Waals surface area (Å²) in [5, 5.41) is 0. The van der Waals surface area contributed by atoms with Crippen LogP contribution in [0.15, 0.2) is 41.4 Å². The number of hydrogen-bond acceptors (Lipinski definition) is 2. The minimum atomic E-state index is 0.605. The predicted octanol–water partition coefficient (Wildman–Crippen LogP) is 2.58. The second-order valence-corrected chi connectivity index (χ2v) is 4.47. The molecule has 82 valence electrons. The van der Waals surface area contributed by atoms with E-state index in [1.54, 1.807) is 0 Å². The van der Waals surface area contributed by atoms with Crippen molar-refractivity contribution in [1.82, 2.24) is 4.90 Å². The van der Waals surface area contributed by atoms with E-state index in [0.717, 1.165) is 19.5 Å². The fourth-order valence-corrected chi connectivity index (χ4v) is 2.50. The number of amidine groups is 1. The van der Waals surface area contributed by atoms with Crippen LogP contribution >= 0.6 is 0 Å². The summed E-state index contributed by atoms with van der Waals surface area (Å²) in [4.78, 5) is 7.07. The summed E-state index contributed by atoms with van der Waals surface area (Å²) in [6, 6.07) is 11.2. The SMILES string of the molecule is CC1CC=C(c2ccccc2)C2=NCCN21. The van der Waals surface area contributed by atoms with Crippen molar-refractivity contribution in [2.45, 2.75) is 19.4 Å². The van der Waals surface area contributed by atoms with Crippen LogP contribution in [0.3, 0.4) is 0 Å². The van der Waals surface area contributed by atoms with Gasteiger partial charge in [0.2, 0.25) is 0 Å². The molecular formula is C14H16N2. The molecule has 0 bridgehead atoms. The molecule has 2 aliphatic heterocycles. The monoisotopic (exact) mass is 212 g/mol. The van der Waals surface area contributed by atoms with Gasteiger partial charge in [-0.1, -0.05) is 36.4 Å². The first-order valence-electron chi connectivity index (χ1n) is 5.93. The molecule has 16 heavy (non-hydrogen) atoms. The van der Waals surface area contributed by atoms with Gasteiger partial charge in [-0.05, 0) is 18.9 Å². The Balaban J connectivity index is 2.02. The van der Waals surface area contributed by atoms with Crippen LogP contribution < -0.4 is 0 Å². The molecule has 0 radical (unpaired) electrons. The lowest BCUT2D eigenvalue weighted by atomic mass is 9.97. The van der Waals surface area contributed by atoms with E-state index in [4.69, 9.17) is 0 Å². The molecule has 0 fully saturated rings. The molecule has 1 aromatic rings. The minimum Gasteiger partial charge on any atom is -0.352 e. The Morgan fingerprint density at radius 1 is 1.25 bits per heavy atom. The first kappa shape index (κ1) is 9.64. The van der Waals surface area contributed by atoms with E-state index < -0.39 is 0 Å². The topological polar surface area (TPSA) is 15.6 Å². The maximum absolute atomic E-state index is 4.64. The van der Waals surface area contributed by atoms with Crippen LogP contribution in [-0.4, -0.2) is 29.9 Å². The van der Waals surface area contributed by atoms with Gasteiger partial charge in [0, 0.05) is 18.2 Å². The van der Waals surface area contributed by atoms with Crippen LogP contribution in [0.4, 0.5) is 0 Å². The van der Waals surface area contributed by atoms with Gasteiger partial charge in [0.25, 0.3) is 0 Å². The predicted molar refractivity (Wildman–Crippen MR) is 67.5 cm³/mol. The van der Waals surface area contributed by atoms with Crippen LogP contribution in [0.5, 0.6) is 0 Å². The standard InChI is InChI=1S/C14H16N2/c1-11-7-8-13(12-5-3-2-4-6-12)14-15-9-10-16(11)14/h2-6,8,11H,7,9-10H2,1H3. The third-order valence-corrected chi connectivity index (χ3v) is 3.40. The van der Waals surface area contributed by atoms with Crippen molar-refractivity contribution in [3.63, 3.8) is 0 Å². The molecule has 0 aliphatic carbocycles. The van der Waals surface area contributed by atoms with E-state index in [9.17, 15) is 0 Å². The number of benzene rings is 1. The zero-order valence-corrected chi connectivity index (χ0v) is 9.56. The summed E-state index contributed by atoms with van der Waals surface area (Å²) in [5.74, 6) is 1.20. The van der Waals surface area contributed by atoms with Gasteiger partial charge in [-0.2, -0.15) is 0 Å². The lowest BCUT2D eigenvalue weighted by molar-refractivity contribution is 0.356. The largest absolute Gasteiger partial charge is 0.352 e. The van der Waals surface area contributed by atoms with E-state index in [0.29, 0.717) is 6.04 Å². The highest BCUT2D eigenvalue weighted by molar-refractivity contribution is 6.23. The molecule has 3 rings (SSSR count). The Bertz CT molecular complexity index is 445. The van der Waals surface area contributed by atoms with Gasteiger partial charge in [-0.3, -0.25) is 4.99 Å². The third-order valence-electron chi connectivity index (χ3n) is 3.40. The molecule has 1 atom stereocenters. The van der Waals surface area contributed by atoms with Crippen LogP contribution in [0.1, 0.15) is 18.9 Å². The fraction of sp³-hybridized carbons (Fsp3) is 0.357. The van der Waals surface area contributed by atoms with E-state index in [1.165, 1.54) is 17.0 Å². The number of aliphatic imine (C=N–C) groups is 1. The fourth-order valence-electron chi connectivity index (χ4n) is 2.50. The Labute approximate surface area is 96.3 Å². The summed E-state index contributed by atoms with van der Waals surface area (Å²) >= 11 is 0. The number of nitrogens with zero attached hydrogens (tertiary/aromatic N) is 2. The molecule has 0 N–H and O–H groups in total. The summed E-state index contributed by atoms with van der Waals surface area (Å²) in [5.41, 5.74) is 2.61. The van der Waals surface area contributed by atoms with Crippen LogP contribution in [0, 0.1) is 0 Å². The smallest absolute Gasteiger partial charge is 0.131 e. The molecule has 0 amide bonds. The van der Waals surface area contributed by atoms with Gasteiger partial charge < -0.3 is 4.90 Å².